The Morgan fingerprint density at radius 2 is 1.66 bits per heavy atom. The van der Waals surface area contributed by atoms with E-state index in [2.05, 4.69) is 90.6 Å². The van der Waals surface area contributed by atoms with E-state index in [0.29, 0.717) is 12.5 Å². The summed E-state index contributed by atoms with van der Waals surface area (Å²) in [6.07, 6.45) is 10.5. The van der Waals surface area contributed by atoms with Gasteiger partial charge in [-0.2, -0.15) is 5.26 Å². The van der Waals surface area contributed by atoms with Gasteiger partial charge in [0, 0.05) is 12.5 Å². The Balaban J connectivity index is 0.000000505. The minimum absolute atomic E-state index is 0.387. The van der Waals surface area contributed by atoms with Crippen molar-refractivity contribution < 1.29 is 0 Å². The average molecular weight is 500 g/mol. The summed E-state index contributed by atoms with van der Waals surface area (Å²) in [6.45, 7) is 19.5. The van der Waals surface area contributed by atoms with Crippen LogP contribution in [0, 0.1) is 37.0 Å². The lowest BCUT2D eigenvalue weighted by molar-refractivity contribution is 0.315. The number of aromatic nitrogens is 2. The quantitative estimate of drug-likeness (QED) is 0.267. The second kappa shape index (κ2) is 19.2. The molecule has 0 radical (unpaired) electrons. The van der Waals surface area contributed by atoms with Gasteiger partial charge in [0.15, 0.2) is 0 Å². The molecule has 0 amide bonds. The van der Waals surface area contributed by atoms with E-state index in [9.17, 15) is 0 Å². The summed E-state index contributed by atoms with van der Waals surface area (Å²) >= 11 is 0. The van der Waals surface area contributed by atoms with Gasteiger partial charge in [-0.3, -0.25) is 4.78 Å². The van der Waals surface area contributed by atoms with E-state index in [-0.39, 0.29) is 0 Å². The normalized spacial score (nSPS) is 11.9. The number of benzene rings is 1. The first kappa shape index (κ1) is 33.0. The molecule has 35 heavy (non-hydrogen) atoms. The number of aryl methyl sites for hydroxylation is 3. The topological polar surface area (TPSA) is 64.8 Å². The molecular weight excluding hydrogens is 449 g/mol. The zero-order chi connectivity index (χ0) is 26.8. The van der Waals surface area contributed by atoms with Gasteiger partial charge in [0.2, 0.25) is 0 Å². The Morgan fingerprint density at radius 1 is 1.03 bits per heavy atom. The molecule has 196 valence electrons. The van der Waals surface area contributed by atoms with Crippen LogP contribution in [-0.4, -0.2) is 16.0 Å². The molecule has 0 aliphatic carbocycles. The standard InChI is InChI=1S/C10H11N.C10H22.C9H17N4P/c1-8-3-4-9(2)10(7-8)5-6-11;1-5-8-10(7-3)9(4)6-2;1-4-9-10-5-8(6-11-9)13(14)12-7(2)3/h3-4,7H,5H2,1-2H3;9-10H,5-8H2,1-4H3;5-7,12H,4,14H2,1-3H3/t;9-,10?;/m.1./s1. The molecule has 0 bridgehead atoms. The van der Waals surface area contributed by atoms with Gasteiger partial charge in [-0.25, -0.2) is 15.4 Å². The number of rotatable bonds is 10. The highest BCUT2D eigenvalue weighted by Gasteiger charge is 2.11. The van der Waals surface area contributed by atoms with Crippen LogP contribution < -0.4 is 10.2 Å². The molecule has 2 rings (SSSR count). The molecule has 0 fully saturated rings. The fourth-order valence-electron chi connectivity index (χ4n) is 3.68. The predicted octanol–water partition coefficient (Wildman–Crippen LogP) is 7.78. The molecule has 1 heterocycles. The largest absolute Gasteiger partial charge is 0.291 e. The summed E-state index contributed by atoms with van der Waals surface area (Å²) in [7, 11) is 2.59. The van der Waals surface area contributed by atoms with Crippen LogP contribution in [0.25, 0.3) is 0 Å². The number of hydrazine groups is 1. The maximum absolute atomic E-state index is 8.49. The predicted molar refractivity (Wildman–Crippen MR) is 155 cm³/mol. The fraction of sp³-hybridized carbons (Fsp3) is 0.621. The summed E-state index contributed by atoms with van der Waals surface area (Å²) in [5.41, 5.74) is 7.73. The van der Waals surface area contributed by atoms with Crippen LogP contribution in [0.4, 0.5) is 5.69 Å². The molecule has 0 saturated carbocycles. The van der Waals surface area contributed by atoms with Crippen molar-refractivity contribution in [3.8, 4) is 6.07 Å². The summed E-state index contributed by atoms with van der Waals surface area (Å²) in [4.78, 5) is 8.44. The maximum Gasteiger partial charge on any atom is 0.128 e. The number of hydrogen-bond donors (Lipinski definition) is 1. The molecule has 1 aromatic heterocycles. The lowest BCUT2D eigenvalue weighted by Crippen LogP contribution is -2.35. The number of anilines is 1. The van der Waals surface area contributed by atoms with Gasteiger partial charge in [-0.05, 0) is 60.0 Å². The van der Waals surface area contributed by atoms with Crippen LogP contribution in [0.1, 0.15) is 96.7 Å². The van der Waals surface area contributed by atoms with Crippen LogP contribution >= 0.6 is 9.39 Å². The van der Waals surface area contributed by atoms with Crippen molar-refractivity contribution in [3.63, 3.8) is 0 Å². The summed E-state index contributed by atoms with van der Waals surface area (Å²) in [5.74, 6) is 2.79. The van der Waals surface area contributed by atoms with Crippen molar-refractivity contribution in [3.05, 3.63) is 53.1 Å². The van der Waals surface area contributed by atoms with E-state index in [0.717, 1.165) is 35.3 Å². The van der Waals surface area contributed by atoms with E-state index in [1.54, 1.807) is 0 Å². The number of nitrogens with zero attached hydrogens (tertiary/aromatic N) is 4. The van der Waals surface area contributed by atoms with Gasteiger partial charge in [0.05, 0.1) is 30.6 Å². The van der Waals surface area contributed by atoms with Gasteiger partial charge in [-0.15, -0.1) is 0 Å². The van der Waals surface area contributed by atoms with Crippen molar-refractivity contribution in [1.29, 1.82) is 5.26 Å². The molecule has 0 aliphatic rings. The molecule has 0 aliphatic heterocycles. The van der Waals surface area contributed by atoms with Gasteiger partial charge in [0.25, 0.3) is 0 Å². The molecule has 5 nitrogen and oxygen atoms in total. The van der Waals surface area contributed by atoms with Gasteiger partial charge < -0.3 is 0 Å². The minimum Gasteiger partial charge on any atom is -0.291 e. The molecule has 2 unspecified atom stereocenters. The highest BCUT2D eigenvalue weighted by Crippen LogP contribution is 2.23. The highest BCUT2D eigenvalue weighted by molar-refractivity contribution is 7.18. The summed E-state index contributed by atoms with van der Waals surface area (Å²) < 4.78 is 1.85. The van der Waals surface area contributed by atoms with Crippen LogP contribution in [0.3, 0.4) is 0 Å². The third-order valence-electron chi connectivity index (χ3n) is 6.09. The molecule has 0 saturated heterocycles. The first-order chi connectivity index (χ1) is 16.6. The summed E-state index contributed by atoms with van der Waals surface area (Å²) in [5, 5.41) is 8.49. The minimum atomic E-state index is 0.387. The fourth-order valence-corrected chi connectivity index (χ4v) is 4.11. The molecular formula is C29H50N5P. The molecule has 6 heteroatoms. The first-order valence-corrected chi connectivity index (χ1v) is 13.7. The van der Waals surface area contributed by atoms with E-state index in [1.807, 2.05) is 37.9 Å². The van der Waals surface area contributed by atoms with E-state index >= 15 is 0 Å². The zero-order valence-electron chi connectivity index (χ0n) is 23.7. The zero-order valence-corrected chi connectivity index (χ0v) is 24.9. The Morgan fingerprint density at radius 3 is 2.11 bits per heavy atom. The van der Waals surface area contributed by atoms with Crippen molar-refractivity contribution in [2.24, 2.45) is 11.8 Å². The van der Waals surface area contributed by atoms with Crippen LogP contribution in [-0.2, 0) is 12.8 Å². The second-order valence-corrected chi connectivity index (χ2v) is 9.99. The van der Waals surface area contributed by atoms with Crippen LogP contribution in [0.5, 0.6) is 0 Å². The molecule has 1 aromatic carbocycles. The smallest absolute Gasteiger partial charge is 0.128 e. The number of hydrogen-bond acceptors (Lipinski definition) is 5. The first-order valence-electron chi connectivity index (χ1n) is 13.2. The van der Waals surface area contributed by atoms with Crippen LogP contribution in [0.2, 0.25) is 0 Å². The van der Waals surface area contributed by atoms with E-state index in [4.69, 9.17) is 5.26 Å². The Hall–Kier alpha value is -2.02. The molecule has 2 aromatic rings. The number of nitriles is 1. The lowest BCUT2D eigenvalue weighted by atomic mass is 9.86. The van der Waals surface area contributed by atoms with Crippen molar-refractivity contribution in [2.45, 2.75) is 107 Å². The van der Waals surface area contributed by atoms with Gasteiger partial charge in [-0.1, -0.05) is 84.1 Å². The maximum atomic E-state index is 8.49. The van der Waals surface area contributed by atoms with E-state index < -0.39 is 0 Å². The second-order valence-electron chi connectivity index (χ2n) is 9.47. The number of nitrogens with one attached hydrogen (secondary N) is 1. The van der Waals surface area contributed by atoms with E-state index in [1.165, 1.54) is 36.8 Å². The average Bonchev–Trinajstić information content (AvgIpc) is 2.85. The van der Waals surface area contributed by atoms with Gasteiger partial charge >= 0.3 is 0 Å². The Labute approximate surface area is 218 Å². The Bertz CT molecular complexity index is 845. The third-order valence-corrected chi connectivity index (χ3v) is 6.54. The third kappa shape index (κ3) is 14.2. The lowest BCUT2D eigenvalue weighted by Gasteiger charge is -2.21. The Kier molecular flexibility index (Phi) is 18.1. The van der Waals surface area contributed by atoms with Crippen molar-refractivity contribution in [1.82, 2.24) is 15.4 Å². The molecule has 1 N–H and O–H groups in total. The molecule has 0 spiro atoms. The van der Waals surface area contributed by atoms with Crippen LogP contribution in [0.15, 0.2) is 30.6 Å². The highest BCUT2D eigenvalue weighted by atomic mass is 31.0. The SMILES string of the molecule is CCCC(CC)[C@H](C)CC.CCc1ncc(N(P)NC(C)C)cn1.Cc1ccc(C)c(CC#N)c1. The van der Waals surface area contributed by atoms with Gasteiger partial charge in [0.1, 0.15) is 5.82 Å². The summed E-state index contributed by atoms with van der Waals surface area (Å²) in [6, 6.07) is 8.73. The van der Waals surface area contributed by atoms with Crippen molar-refractivity contribution in [2.75, 3.05) is 4.78 Å². The van der Waals surface area contributed by atoms with Crippen molar-refractivity contribution >= 4 is 15.1 Å². The monoisotopic (exact) mass is 499 g/mol. The molecule has 3 atom stereocenters.